The molecule has 0 atom stereocenters. The fraction of sp³-hybridized carbons (Fsp3) is 0. The second kappa shape index (κ2) is 12.1. The smallest absolute Gasteiger partial charge is 0.238 e. The molecule has 0 radical (unpaired) electrons. The molecule has 3 heterocycles. The molecule has 0 spiro atoms. The van der Waals surface area contributed by atoms with Crippen LogP contribution in [0.4, 0.5) is 0 Å². The predicted molar refractivity (Wildman–Crippen MR) is 221 cm³/mol. The van der Waals surface area contributed by atoms with Crippen molar-refractivity contribution in [3.05, 3.63) is 182 Å². The van der Waals surface area contributed by atoms with Crippen molar-refractivity contribution in [1.82, 2.24) is 19.5 Å². The van der Waals surface area contributed by atoms with Crippen LogP contribution in [0.2, 0.25) is 0 Å². The Morgan fingerprint density at radius 1 is 0.389 bits per heavy atom. The van der Waals surface area contributed by atoms with Gasteiger partial charge in [-0.3, -0.25) is 4.57 Å². The van der Waals surface area contributed by atoms with Gasteiger partial charge in [0.15, 0.2) is 11.6 Å². The second-order valence-corrected chi connectivity index (χ2v) is 13.6. The zero-order valence-corrected chi connectivity index (χ0v) is 29.0. The average Bonchev–Trinajstić information content (AvgIpc) is 3.79. The average molecular weight is 691 g/mol. The third-order valence-corrected chi connectivity index (χ3v) is 10.4. The largest absolute Gasteiger partial charge is 0.455 e. The lowest BCUT2D eigenvalue weighted by atomic mass is 9.96. The Hall–Kier alpha value is -7.37. The summed E-state index contributed by atoms with van der Waals surface area (Å²) in [5.41, 5.74) is 10.0. The zero-order valence-electron chi connectivity index (χ0n) is 29.0. The van der Waals surface area contributed by atoms with Crippen LogP contribution in [-0.2, 0) is 0 Å². The quantitative estimate of drug-likeness (QED) is 0.180. The highest BCUT2D eigenvalue weighted by Crippen LogP contribution is 2.42. The van der Waals surface area contributed by atoms with E-state index in [1.54, 1.807) is 0 Å². The number of para-hydroxylation sites is 3. The highest BCUT2D eigenvalue weighted by molar-refractivity contribution is 6.17. The van der Waals surface area contributed by atoms with Gasteiger partial charge in [-0.1, -0.05) is 158 Å². The van der Waals surface area contributed by atoms with Crippen LogP contribution in [0.3, 0.4) is 0 Å². The molecule has 252 valence electrons. The van der Waals surface area contributed by atoms with Crippen molar-refractivity contribution in [2.75, 3.05) is 0 Å². The molecular weight excluding hydrogens is 661 g/mol. The molecule has 0 bridgehead atoms. The van der Waals surface area contributed by atoms with Crippen molar-refractivity contribution >= 4 is 54.5 Å². The van der Waals surface area contributed by atoms with Crippen LogP contribution in [0.15, 0.2) is 186 Å². The summed E-state index contributed by atoms with van der Waals surface area (Å²) in [7, 11) is 0. The molecule has 0 saturated heterocycles. The van der Waals surface area contributed by atoms with Gasteiger partial charge < -0.3 is 4.42 Å². The summed E-state index contributed by atoms with van der Waals surface area (Å²) < 4.78 is 8.71. The third kappa shape index (κ3) is 4.83. The summed E-state index contributed by atoms with van der Waals surface area (Å²) in [6.45, 7) is 0. The number of fused-ring (bicyclic) bond motifs is 7. The van der Waals surface area contributed by atoms with Gasteiger partial charge in [0.1, 0.15) is 11.2 Å². The molecule has 11 rings (SSSR count). The standard InChI is InChI=1S/C49H30N4O/c1-3-14-31(15-4-1)47-50-48(32-16-5-2-6-17-32)52-49(51-47)53-43-30-34-19-8-7-18-33(34)29-42(43)40-25-12-23-37(45(40)53)35-20-11-21-36(28-35)38-24-13-26-41-39-22-9-10-27-44(39)54-46(38)41/h1-30H. The van der Waals surface area contributed by atoms with Gasteiger partial charge in [0.2, 0.25) is 5.95 Å². The number of hydrogen-bond acceptors (Lipinski definition) is 4. The number of rotatable bonds is 5. The van der Waals surface area contributed by atoms with Crippen molar-refractivity contribution in [2.45, 2.75) is 0 Å². The van der Waals surface area contributed by atoms with Crippen molar-refractivity contribution in [3.63, 3.8) is 0 Å². The van der Waals surface area contributed by atoms with E-state index in [4.69, 9.17) is 19.4 Å². The molecule has 8 aromatic carbocycles. The van der Waals surface area contributed by atoms with E-state index in [-0.39, 0.29) is 0 Å². The first-order valence-electron chi connectivity index (χ1n) is 18.1. The van der Waals surface area contributed by atoms with E-state index in [1.807, 2.05) is 72.8 Å². The maximum Gasteiger partial charge on any atom is 0.238 e. The van der Waals surface area contributed by atoms with E-state index in [9.17, 15) is 0 Å². The number of hydrogen-bond donors (Lipinski definition) is 0. The lowest BCUT2D eigenvalue weighted by Crippen LogP contribution is -2.07. The summed E-state index contributed by atoms with van der Waals surface area (Å²) in [5.74, 6) is 1.80. The molecule has 5 nitrogen and oxygen atoms in total. The van der Waals surface area contributed by atoms with Gasteiger partial charge in [-0.15, -0.1) is 0 Å². The van der Waals surface area contributed by atoms with Crippen molar-refractivity contribution in [3.8, 4) is 51.0 Å². The molecule has 11 aromatic rings. The SMILES string of the molecule is c1ccc(-c2nc(-c3ccccc3)nc(-n3c4cc5ccccc5cc4c4cccc(-c5cccc(-c6cccc7c6oc6ccccc67)c5)c43)n2)cc1. The maximum absolute atomic E-state index is 6.48. The van der Waals surface area contributed by atoms with Gasteiger partial charge in [0.25, 0.3) is 0 Å². The van der Waals surface area contributed by atoms with Gasteiger partial charge >= 0.3 is 0 Å². The molecule has 0 saturated carbocycles. The van der Waals surface area contributed by atoms with Gasteiger partial charge in [0, 0.05) is 43.8 Å². The molecule has 0 aliphatic heterocycles. The topological polar surface area (TPSA) is 56.7 Å². The van der Waals surface area contributed by atoms with Gasteiger partial charge in [-0.05, 0) is 46.2 Å². The van der Waals surface area contributed by atoms with Crippen LogP contribution in [-0.4, -0.2) is 19.5 Å². The summed E-state index contributed by atoms with van der Waals surface area (Å²) in [6, 6.07) is 63.3. The summed E-state index contributed by atoms with van der Waals surface area (Å²) >= 11 is 0. The lowest BCUT2D eigenvalue weighted by molar-refractivity contribution is 0.670. The fourth-order valence-corrected chi connectivity index (χ4v) is 7.92. The Morgan fingerprint density at radius 2 is 0.944 bits per heavy atom. The van der Waals surface area contributed by atoms with Crippen molar-refractivity contribution < 1.29 is 4.42 Å². The maximum atomic E-state index is 6.48. The number of benzene rings is 8. The molecule has 0 aliphatic rings. The number of furan rings is 1. The summed E-state index contributed by atoms with van der Waals surface area (Å²) in [6.07, 6.45) is 0. The molecule has 54 heavy (non-hydrogen) atoms. The van der Waals surface area contributed by atoms with E-state index in [0.717, 1.165) is 82.5 Å². The summed E-state index contributed by atoms with van der Waals surface area (Å²) in [5, 5.41) is 6.83. The van der Waals surface area contributed by atoms with E-state index < -0.39 is 0 Å². The molecule has 0 aliphatic carbocycles. The molecule has 5 heteroatoms. The first-order chi connectivity index (χ1) is 26.8. The lowest BCUT2D eigenvalue weighted by Gasteiger charge is -2.13. The van der Waals surface area contributed by atoms with Gasteiger partial charge in [-0.2, -0.15) is 9.97 Å². The van der Waals surface area contributed by atoms with E-state index in [2.05, 4.69) is 114 Å². The normalized spacial score (nSPS) is 11.7. The first kappa shape index (κ1) is 30.3. The molecule has 3 aromatic heterocycles. The van der Waals surface area contributed by atoms with Gasteiger partial charge in [0.05, 0.1) is 11.0 Å². The Bertz CT molecular complexity index is 3160. The van der Waals surface area contributed by atoms with Crippen LogP contribution in [0.25, 0.3) is 105 Å². The fourth-order valence-electron chi connectivity index (χ4n) is 7.92. The predicted octanol–water partition coefficient (Wildman–Crippen LogP) is 12.7. The molecule has 0 fully saturated rings. The first-order valence-corrected chi connectivity index (χ1v) is 18.1. The third-order valence-electron chi connectivity index (χ3n) is 10.4. The number of nitrogens with zero attached hydrogens (tertiary/aromatic N) is 4. The number of aromatic nitrogens is 4. The highest BCUT2D eigenvalue weighted by Gasteiger charge is 2.22. The van der Waals surface area contributed by atoms with Crippen molar-refractivity contribution in [1.29, 1.82) is 0 Å². The van der Waals surface area contributed by atoms with Crippen LogP contribution in [0, 0.1) is 0 Å². The molecule has 0 amide bonds. The minimum absolute atomic E-state index is 0.564. The van der Waals surface area contributed by atoms with Crippen LogP contribution in [0.5, 0.6) is 0 Å². The van der Waals surface area contributed by atoms with E-state index in [0.29, 0.717) is 17.6 Å². The molecular formula is C49H30N4O. The monoisotopic (exact) mass is 690 g/mol. The summed E-state index contributed by atoms with van der Waals surface area (Å²) in [4.78, 5) is 15.5. The highest BCUT2D eigenvalue weighted by atomic mass is 16.3. The zero-order chi connectivity index (χ0) is 35.6. The van der Waals surface area contributed by atoms with E-state index in [1.165, 1.54) is 5.39 Å². The molecule has 0 unspecified atom stereocenters. The Balaban J connectivity index is 1.20. The van der Waals surface area contributed by atoms with Crippen molar-refractivity contribution in [2.24, 2.45) is 0 Å². The Kier molecular flexibility index (Phi) is 6.79. The molecule has 0 N–H and O–H groups in total. The van der Waals surface area contributed by atoms with E-state index >= 15 is 0 Å². The Labute approximate surface area is 310 Å². The van der Waals surface area contributed by atoms with Gasteiger partial charge in [-0.25, -0.2) is 4.98 Å². The minimum Gasteiger partial charge on any atom is -0.455 e. The van der Waals surface area contributed by atoms with Crippen LogP contribution in [0.1, 0.15) is 0 Å². The minimum atomic E-state index is 0.564. The second-order valence-electron chi connectivity index (χ2n) is 13.6. The van der Waals surface area contributed by atoms with Crippen LogP contribution >= 0.6 is 0 Å². The Morgan fingerprint density at radius 3 is 1.69 bits per heavy atom. The van der Waals surface area contributed by atoms with Crippen LogP contribution < -0.4 is 0 Å².